The predicted molar refractivity (Wildman–Crippen MR) is 77.1 cm³/mol. The van der Waals surface area contributed by atoms with E-state index in [-0.39, 0.29) is 18.6 Å². The first-order valence-corrected chi connectivity index (χ1v) is 6.94. The zero-order valence-corrected chi connectivity index (χ0v) is 13.0. The molecular formula is C13H17BrClNO2. The average molecular weight is 335 g/mol. The molecule has 0 saturated carbocycles. The van der Waals surface area contributed by atoms with E-state index in [0.29, 0.717) is 16.7 Å². The van der Waals surface area contributed by atoms with Crippen LogP contribution in [0.25, 0.3) is 0 Å². The van der Waals surface area contributed by atoms with Crippen molar-refractivity contribution < 1.29 is 9.53 Å². The first-order valence-electron chi connectivity index (χ1n) is 5.77. The minimum absolute atomic E-state index is 0.0294. The number of rotatable bonds is 5. The smallest absolute Gasteiger partial charge is 0.258 e. The van der Waals surface area contributed by atoms with Gasteiger partial charge in [0.1, 0.15) is 5.75 Å². The standard InChI is InChI=1S/C13H17BrClNO2/c1-8(2)9(3)16-13(17)7-18-12-5-4-10(14)6-11(12)15/h4-6,8-9H,7H2,1-3H3,(H,16,17). The number of halogens is 2. The first-order chi connectivity index (χ1) is 8.40. The lowest BCUT2D eigenvalue weighted by Gasteiger charge is -2.17. The minimum Gasteiger partial charge on any atom is -0.482 e. The van der Waals surface area contributed by atoms with Gasteiger partial charge in [-0.1, -0.05) is 41.4 Å². The molecule has 0 aliphatic carbocycles. The Morgan fingerprint density at radius 2 is 2.11 bits per heavy atom. The third-order valence-corrected chi connectivity index (χ3v) is 3.43. The van der Waals surface area contributed by atoms with Gasteiger partial charge in [-0.2, -0.15) is 0 Å². The van der Waals surface area contributed by atoms with Crippen LogP contribution in [0.15, 0.2) is 22.7 Å². The number of carbonyl (C=O) groups excluding carboxylic acids is 1. The van der Waals surface area contributed by atoms with Gasteiger partial charge in [0.25, 0.3) is 5.91 Å². The van der Waals surface area contributed by atoms with Crippen molar-refractivity contribution in [3.05, 3.63) is 27.7 Å². The summed E-state index contributed by atoms with van der Waals surface area (Å²) in [5.41, 5.74) is 0. The lowest BCUT2D eigenvalue weighted by molar-refractivity contribution is -0.123. The van der Waals surface area contributed by atoms with E-state index in [2.05, 4.69) is 35.1 Å². The Morgan fingerprint density at radius 1 is 1.44 bits per heavy atom. The molecule has 0 saturated heterocycles. The molecule has 5 heteroatoms. The summed E-state index contributed by atoms with van der Waals surface area (Å²) in [6, 6.07) is 5.40. The monoisotopic (exact) mass is 333 g/mol. The van der Waals surface area contributed by atoms with Crippen LogP contribution in [0, 0.1) is 5.92 Å². The van der Waals surface area contributed by atoms with E-state index in [1.54, 1.807) is 12.1 Å². The number of hydrogen-bond acceptors (Lipinski definition) is 2. The van der Waals surface area contributed by atoms with E-state index in [4.69, 9.17) is 16.3 Å². The fourth-order valence-electron chi connectivity index (χ4n) is 1.20. The highest BCUT2D eigenvalue weighted by Gasteiger charge is 2.11. The molecule has 0 aliphatic rings. The van der Waals surface area contributed by atoms with Crippen molar-refractivity contribution >= 4 is 33.4 Å². The highest BCUT2D eigenvalue weighted by atomic mass is 79.9. The SMILES string of the molecule is CC(C)C(C)NC(=O)COc1ccc(Br)cc1Cl. The maximum Gasteiger partial charge on any atom is 0.258 e. The molecule has 0 radical (unpaired) electrons. The summed E-state index contributed by atoms with van der Waals surface area (Å²) >= 11 is 9.29. The molecule has 0 aliphatic heterocycles. The van der Waals surface area contributed by atoms with Crippen molar-refractivity contribution in [1.82, 2.24) is 5.32 Å². The molecule has 0 fully saturated rings. The van der Waals surface area contributed by atoms with Crippen molar-refractivity contribution in [2.45, 2.75) is 26.8 Å². The van der Waals surface area contributed by atoms with E-state index in [0.717, 1.165) is 4.47 Å². The van der Waals surface area contributed by atoms with Gasteiger partial charge in [-0.15, -0.1) is 0 Å². The second kappa shape index (κ2) is 7.00. The number of carbonyl (C=O) groups is 1. The summed E-state index contributed by atoms with van der Waals surface area (Å²) in [4.78, 5) is 11.6. The molecule has 18 heavy (non-hydrogen) atoms. The topological polar surface area (TPSA) is 38.3 Å². The minimum atomic E-state index is -0.143. The number of nitrogens with one attached hydrogen (secondary N) is 1. The molecule has 1 unspecified atom stereocenters. The van der Waals surface area contributed by atoms with Crippen molar-refractivity contribution in [3.8, 4) is 5.75 Å². The van der Waals surface area contributed by atoms with Gasteiger partial charge in [-0.3, -0.25) is 4.79 Å². The van der Waals surface area contributed by atoms with E-state index in [1.165, 1.54) is 0 Å². The zero-order valence-electron chi connectivity index (χ0n) is 10.7. The van der Waals surface area contributed by atoms with Gasteiger partial charge in [0.15, 0.2) is 6.61 Å². The molecule has 0 aromatic heterocycles. The van der Waals surface area contributed by atoms with Crippen LogP contribution in [0.2, 0.25) is 5.02 Å². The van der Waals surface area contributed by atoms with Gasteiger partial charge >= 0.3 is 0 Å². The third kappa shape index (κ3) is 4.86. The summed E-state index contributed by atoms with van der Waals surface area (Å²) in [7, 11) is 0. The summed E-state index contributed by atoms with van der Waals surface area (Å²) in [6.45, 7) is 6.04. The Morgan fingerprint density at radius 3 is 2.67 bits per heavy atom. The average Bonchev–Trinajstić information content (AvgIpc) is 2.27. The Bertz CT molecular complexity index is 423. The van der Waals surface area contributed by atoms with Crippen molar-refractivity contribution in [1.29, 1.82) is 0 Å². The number of hydrogen-bond donors (Lipinski definition) is 1. The summed E-state index contributed by atoms with van der Waals surface area (Å²) in [6.07, 6.45) is 0. The summed E-state index contributed by atoms with van der Waals surface area (Å²) in [5, 5.41) is 3.34. The summed E-state index contributed by atoms with van der Waals surface area (Å²) in [5.74, 6) is 0.757. The zero-order chi connectivity index (χ0) is 13.7. The van der Waals surface area contributed by atoms with Crippen molar-refractivity contribution in [2.75, 3.05) is 6.61 Å². The van der Waals surface area contributed by atoms with E-state index in [9.17, 15) is 4.79 Å². The van der Waals surface area contributed by atoms with Crippen LogP contribution < -0.4 is 10.1 Å². The maximum absolute atomic E-state index is 11.6. The molecule has 0 bridgehead atoms. The van der Waals surface area contributed by atoms with E-state index >= 15 is 0 Å². The van der Waals surface area contributed by atoms with Crippen LogP contribution in [0.4, 0.5) is 0 Å². The molecule has 1 rings (SSSR count). The third-order valence-electron chi connectivity index (χ3n) is 2.64. The van der Waals surface area contributed by atoms with Crippen LogP contribution >= 0.6 is 27.5 Å². The van der Waals surface area contributed by atoms with Gasteiger partial charge in [0, 0.05) is 10.5 Å². The van der Waals surface area contributed by atoms with Gasteiger partial charge in [0.05, 0.1) is 5.02 Å². The predicted octanol–water partition coefficient (Wildman–Crippen LogP) is 3.64. The van der Waals surface area contributed by atoms with Crippen LogP contribution in [0.5, 0.6) is 5.75 Å². The van der Waals surface area contributed by atoms with Gasteiger partial charge in [-0.25, -0.2) is 0 Å². The normalized spacial score (nSPS) is 12.3. The Kier molecular flexibility index (Phi) is 5.96. The fourth-order valence-corrected chi connectivity index (χ4v) is 1.93. The second-order valence-corrected chi connectivity index (χ2v) is 5.79. The molecule has 0 spiro atoms. The molecule has 1 aromatic rings. The van der Waals surface area contributed by atoms with Crippen molar-refractivity contribution in [3.63, 3.8) is 0 Å². The molecule has 3 nitrogen and oxygen atoms in total. The van der Waals surface area contributed by atoms with Gasteiger partial charge in [0.2, 0.25) is 0 Å². The number of amides is 1. The van der Waals surface area contributed by atoms with Crippen LogP contribution in [-0.4, -0.2) is 18.6 Å². The maximum atomic E-state index is 11.6. The molecule has 1 N–H and O–H groups in total. The largest absolute Gasteiger partial charge is 0.482 e. The van der Waals surface area contributed by atoms with Crippen molar-refractivity contribution in [2.24, 2.45) is 5.92 Å². The molecular weight excluding hydrogens is 318 g/mol. The Labute approximate surface area is 121 Å². The van der Waals surface area contributed by atoms with E-state index < -0.39 is 0 Å². The number of ether oxygens (including phenoxy) is 1. The highest BCUT2D eigenvalue weighted by molar-refractivity contribution is 9.10. The molecule has 100 valence electrons. The Balaban J connectivity index is 2.47. The highest BCUT2D eigenvalue weighted by Crippen LogP contribution is 2.27. The van der Waals surface area contributed by atoms with Crippen LogP contribution in [-0.2, 0) is 4.79 Å². The Hall–Kier alpha value is -0.740. The summed E-state index contributed by atoms with van der Waals surface area (Å²) < 4.78 is 6.24. The van der Waals surface area contributed by atoms with Crippen LogP contribution in [0.1, 0.15) is 20.8 Å². The fraction of sp³-hybridized carbons (Fsp3) is 0.462. The van der Waals surface area contributed by atoms with Gasteiger partial charge < -0.3 is 10.1 Å². The second-order valence-electron chi connectivity index (χ2n) is 4.46. The first kappa shape index (κ1) is 15.3. The quantitative estimate of drug-likeness (QED) is 0.893. The van der Waals surface area contributed by atoms with Crippen LogP contribution in [0.3, 0.4) is 0 Å². The lowest BCUT2D eigenvalue weighted by atomic mass is 10.1. The van der Waals surface area contributed by atoms with E-state index in [1.807, 2.05) is 13.0 Å². The molecule has 1 amide bonds. The lowest BCUT2D eigenvalue weighted by Crippen LogP contribution is -2.38. The molecule has 0 heterocycles. The molecule has 1 atom stereocenters. The van der Waals surface area contributed by atoms with Gasteiger partial charge in [-0.05, 0) is 31.0 Å². The molecule has 1 aromatic carbocycles. The number of benzene rings is 1.